The summed E-state index contributed by atoms with van der Waals surface area (Å²) in [7, 11) is 0. The molecule has 2 nitrogen and oxygen atoms in total. The zero-order valence-electron chi connectivity index (χ0n) is 37.5. The van der Waals surface area contributed by atoms with Crippen molar-refractivity contribution in [1.82, 2.24) is 0 Å². The van der Waals surface area contributed by atoms with Gasteiger partial charge in [0.2, 0.25) is 0 Å². The van der Waals surface area contributed by atoms with Crippen molar-refractivity contribution in [3.8, 4) is 44.5 Å². The number of para-hydroxylation sites is 2. The van der Waals surface area contributed by atoms with Gasteiger partial charge in [-0.05, 0) is 103 Å². The van der Waals surface area contributed by atoms with Crippen LogP contribution in [0, 0.1) is 23.3 Å². The summed E-state index contributed by atoms with van der Waals surface area (Å²) in [5.74, 6) is -2.32. The van der Waals surface area contributed by atoms with Gasteiger partial charge in [0.1, 0.15) is 23.3 Å². The highest BCUT2D eigenvalue weighted by Gasteiger charge is 2.26. The molecule has 12 aromatic rings. The Morgan fingerprint density at radius 3 is 0.929 bits per heavy atom. The van der Waals surface area contributed by atoms with Crippen LogP contribution in [0.25, 0.3) is 76.8 Å². The second-order valence-electron chi connectivity index (χ2n) is 17.4. The SMILES string of the molecule is Fc1cc(N(c2ccccc2)c2ccc3ccc4c(N(c5ccccc5)c5cc(F)c(-c6ccc(-c7ccccc7)cc6)cc5F)ccc5ccc2c3c54)c(F)cc1-c1ccc(-c2ccccc2)cc1. The smallest absolute Gasteiger partial charge is 0.148 e. The largest absolute Gasteiger partial charge is 0.307 e. The van der Waals surface area contributed by atoms with Gasteiger partial charge in [0.25, 0.3) is 0 Å². The zero-order valence-corrected chi connectivity index (χ0v) is 37.5. The Balaban J connectivity index is 0.984. The molecular formula is C64H40F4N2. The van der Waals surface area contributed by atoms with Crippen LogP contribution in [0.15, 0.2) is 243 Å². The lowest BCUT2D eigenvalue weighted by Gasteiger charge is -2.30. The van der Waals surface area contributed by atoms with Crippen molar-refractivity contribution in [1.29, 1.82) is 0 Å². The van der Waals surface area contributed by atoms with Crippen molar-refractivity contribution >= 4 is 66.4 Å². The predicted octanol–water partition coefficient (Wildman–Crippen LogP) is 18.7. The average Bonchev–Trinajstić information content (AvgIpc) is 3.41. The van der Waals surface area contributed by atoms with Crippen molar-refractivity contribution < 1.29 is 17.6 Å². The minimum absolute atomic E-state index is 0.0485. The normalized spacial score (nSPS) is 11.4. The number of halogens is 4. The molecule has 0 saturated heterocycles. The molecule has 12 rings (SSSR count). The molecule has 0 radical (unpaired) electrons. The second-order valence-corrected chi connectivity index (χ2v) is 17.4. The second kappa shape index (κ2) is 17.6. The maximum Gasteiger partial charge on any atom is 0.148 e. The summed E-state index contributed by atoms with van der Waals surface area (Å²) >= 11 is 0. The molecule has 0 heterocycles. The van der Waals surface area contributed by atoms with Gasteiger partial charge >= 0.3 is 0 Å². The third-order valence-corrected chi connectivity index (χ3v) is 13.3. The van der Waals surface area contributed by atoms with Gasteiger partial charge < -0.3 is 9.80 Å². The molecule has 0 aliphatic carbocycles. The molecule has 0 bridgehead atoms. The third kappa shape index (κ3) is 7.47. The molecule has 0 unspecified atom stereocenters. The highest BCUT2D eigenvalue weighted by Crippen LogP contribution is 2.49. The van der Waals surface area contributed by atoms with E-state index in [1.165, 1.54) is 24.3 Å². The van der Waals surface area contributed by atoms with Gasteiger partial charge in [-0.15, -0.1) is 0 Å². The molecule has 0 amide bonds. The molecule has 0 fully saturated rings. The van der Waals surface area contributed by atoms with E-state index in [1.54, 1.807) is 9.80 Å². The summed E-state index contributed by atoms with van der Waals surface area (Å²) in [6, 6.07) is 74.5. The van der Waals surface area contributed by atoms with Crippen molar-refractivity contribution in [3.05, 3.63) is 266 Å². The van der Waals surface area contributed by atoms with Gasteiger partial charge in [-0.25, -0.2) is 17.6 Å². The molecule has 0 aromatic heterocycles. The first-order valence-corrected chi connectivity index (χ1v) is 23.1. The summed E-state index contributed by atoms with van der Waals surface area (Å²) in [5.41, 5.74) is 8.09. The quantitative estimate of drug-likeness (QED) is 0.0996. The lowest BCUT2D eigenvalue weighted by molar-refractivity contribution is 0.604. The Labute approximate surface area is 402 Å². The monoisotopic (exact) mass is 912 g/mol. The molecule has 70 heavy (non-hydrogen) atoms. The van der Waals surface area contributed by atoms with E-state index >= 15 is 17.6 Å². The number of anilines is 6. The molecule has 0 spiro atoms. The molecule has 0 N–H and O–H groups in total. The van der Waals surface area contributed by atoms with Crippen LogP contribution in [-0.2, 0) is 0 Å². The van der Waals surface area contributed by atoms with Crippen LogP contribution < -0.4 is 9.80 Å². The fourth-order valence-electron chi connectivity index (χ4n) is 9.93. The Morgan fingerprint density at radius 1 is 0.243 bits per heavy atom. The first kappa shape index (κ1) is 42.4. The van der Waals surface area contributed by atoms with Crippen molar-refractivity contribution in [2.75, 3.05) is 9.80 Å². The standard InChI is InChI=1S/C64H40F4N2/c65-55-39-61(57(67)37-53(55)45-25-21-43(22-26-45)41-13-5-1-6-14-41)69(49-17-9-3-10-18-49)59-35-31-47-30-34-52-60(36-32-48-29-33-51(59)63(47)64(48)52)70(50-19-11-4-12-20-50)62-40-56(66)54(38-58(62)68)46-27-23-44(24-28-46)42-15-7-2-8-16-42/h1-40H. The summed E-state index contributed by atoms with van der Waals surface area (Å²) in [4.78, 5) is 3.53. The van der Waals surface area contributed by atoms with E-state index < -0.39 is 23.3 Å². The molecule has 6 heteroatoms. The third-order valence-electron chi connectivity index (χ3n) is 13.3. The first-order chi connectivity index (χ1) is 34.4. The van der Waals surface area contributed by atoms with E-state index in [0.29, 0.717) is 33.9 Å². The summed E-state index contributed by atoms with van der Waals surface area (Å²) in [6.45, 7) is 0. The van der Waals surface area contributed by atoms with E-state index in [1.807, 2.05) is 218 Å². The number of hydrogen-bond acceptors (Lipinski definition) is 2. The topological polar surface area (TPSA) is 6.48 Å². The van der Waals surface area contributed by atoms with Crippen LogP contribution >= 0.6 is 0 Å². The molecule has 334 valence electrons. The van der Waals surface area contributed by atoms with Crippen LogP contribution in [0.3, 0.4) is 0 Å². The maximum absolute atomic E-state index is 16.9. The van der Waals surface area contributed by atoms with Gasteiger partial charge in [0, 0.05) is 45.4 Å². The van der Waals surface area contributed by atoms with Gasteiger partial charge in [-0.3, -0.25) is 0 Å². The minimum atomic E-state index is -0.594. The lowest BCUT2D eigenvalue weighted by atomic mass is 9.91. The molecule has 0 aliphatic heterocycles. The summed E-state index contributed by atoms with van der Waals surface area (Å²) in [5, 5.41) is 5.22. The highest BCUT2D eigenvalue weighted by atomic mass is 19.1. The van der Waals surface area contributed by atoms with Crippen LogP contribution in [0.5, 0.6) is 0 Å². The van der Waals surface area contributed by atoms with E-state index in [4.69, 9.17) is 0 Å². The Kier molecular flexibility index (Phi) is 10.6. The zero-order chi connectivity index (χ0) is 47.3. The van der Waals surface area contributed by atoms with Crippen molar-refractivity contribution in [2.24, 2.45) is 0 Å². The minimum Gasteiger partial charge on any atom is -0.307 e. The fraction of sp³-hybridized carbons (Fsp3) is 0. The number of rotatable bonds is 10. The number of nitrogens with zero attached hydrogens (tertiary/aromatic N) is 2. The molecular weight excluding hydrogens is 873 g/mol. The van der Waals surface area contributed by atoms with E-state index in [0.717, 1.165) is 54.6 Å². The van der Waals surface area contributed by atoms with E-state index in [9.17, 15) is 0 Å². The maximum atomic E-state index is 16.9. The van der Waals surface area contributed by atoms with Crippen LogP contribution in [0.4, 0.5) is 51.7 Å². The summed E-state index contributed by atoms with van der Waals surface area (Å²) in [6.07, 6.45) is 0. The van der Waals surface area contributed by atoms with Crippen LogP contribution in [-0.4, -0.2) is 0 Å². The van der Waals surface area contributed by atoms with Gasteiger partial charge in [-0.1, -0.05) is 182 Å². The fourth-order valence-corrected chi connectivity index (χ4v) is 9.93. The first-order valence-electron chi connectivity index (χ1n) is 23.1. The molecule has 0 saturated carbocycles. The lowest BCUT2D eigenvalue weighted by Crippen LogP contribution is -2.14. The van der Waals surface area contributed by atoms with Crippen molar-refractivity contribution in [2.45, 2.75) is 0 Å². The van der Waals surface area contributed by atoms with Gasteiger partial charge in [0.15, 0.2) is 0 Å². The van der Waals surface area contributed by atoms with Crippen molar-refractivity contribution in [3.63, 3.8) is 0 Å². The number of hydrogen-bond donors (Lipinski definition) is 0. The molecule has 12 aromatic carbocycles. The Bertz CT molecular complexity index is 3590. The average molecular weight is 913 g/mol. The van der Waals surface area contributed by atoms with E-state index in [2.05, 4.69) is 0 Å². The van der Waals surface area contributed by atoms with Gasteiger partial charge in [-0.2, -0.15) is 0 Å². The van der Waals surface area contributed by atoms with E-state index in [-0.39, 0.29) is 22.5 Å². The molecule has 0 aliphatic rings. The number of benzene rings is 12. The summed E-state index contributed by atoms with van der Waals surface area (Å²) < 4.78 is 67.0. The Hall–Kier alpha value is -9.00. The predicted molar refractivity (Wildman–Crippen MR) is 281 cm³/mol. The van der Waals surface area contributed by atoms with Gasteiger partial charge in [0.05, 0.1) is 22.7 Å². The van der Waals surface area contributed by atoms with Crippen LogP contribution in [0.2, 0.25) is 0 Å². The molecule has 0 atom stereocenters. The van der Waals surface area contributed by atoms with Crippen LogP contribution in [0.1, 0.15) is 0 Å². The highest BCUT2D eigenvalue weighted by molar-refractivity contribution is 6.28. The Morgan fingerprint density at radius 2 is 0.557 bits per heavy atom.